The van der Waals surface area contributed by atoms with Gasteiger partial charge >= 0.3 is 0 Å². The van der Waals surface area contributed by atoms with Gasteiger partial charge < -0.3 is 5.32 Å². The molecule has 0 aliphatic carbocycles. The predicted molar refractivity (Wildman–Crippen MR) is 58.5 cm³/mol. The summed E-state index contributed by atoms with van der Waals surface area (Å²) in [6.07, 6.45) is 1.06. The fourth-order valence-electron chi connectivity index (χ4n) is 1.79. The first-order chi connectivity index (χ1) is 6.46. The molecule has 3 heteroatoms. The third kappa shape index (κ3) is 2.14. The number of aliphatic imine (C=N–C) groups is 1. The molecule has 3 nitrogen and oxygen atoms in total. The number of Topliss-reactive ketones (excluding diaryl/α,β-unsaturated/α-hetero) is 1. The zero-order valence-electron chi connectivity index (χ0n) is 9.55. The van der Waals surface area contributed by atoms with Gasteiger partial charge in [0, 0.05) is 19.0 Å². The average Bonchev–Trinajstić information content (AvgIpc) is 2.18. The summed E-state index contributed by atoms with van der Waals surface area (Å²) in [5.41, 5.74) is -0.450. The Balaban J connectivity index is 2.82. The van der Waals surface area contributed by atoms with Gasteiger partial charge in [0.15, 0.2) is 0 Å². The lowest BCUT2D eigenvalue weighted by Crippen LogP contribution is -2.46. The summed E-state index contributed by atoms with van der Waals surface area (Å²) in [6.45, 7) is 9.56. The first-order valence-electron chi connectivity index (χ1n) is 5.29. The highest BCUT2D eigenvalue weighted by Crippen LogP contribution is 2.23. The van der Waals surface area contributed by atoms with Crippen molar-refractivity contribution in [2.24, 2.45) is 16.3 Å². The highest BCUT2D eigenvalue weighted by Gasteiger charge is 2.35. The predicted octanol–water partition coefficient (Wildman–Crippen LogP) is 1.63. The number of nitrogens with one attached hydrogen (secondary N) is 1. The molecule has 0 bridgehead atoms. The normalized spacial score (nSPS) is 17.6. The second-order valence-corrected chi connectivity index (χ2v) is 4.65. The minimum atomic E-state index is -0.450. The molecule has 0 unspecified atom stereocenters. The second kappa shape index (κ2) is 4.11. The van der Waals surface area contributed by atoms with Crippen molar-refractivity contribution in [3.8, 4) is 0 Å². The Morgan fingerprint density at radius 3 is 2.57 bits per heavy atom. The third-order valence-corrected chi connectivity index (χ3v) is 2.63. The fourth-order valence-corrected chi connectivity index (χ4v) is 1.79. The van der Waals surface area contributed by atoms with Crippen LogP contribution in [0.3, 0.4) is 0 Å². The second-order valence-electron chi connectivity index (χ2n) is 4.65. The summed E-state index contributed by atoms with van der Waals surface area (Å²) < 4.78 is 0. The van der Waals surface area contributed by atoms with E-state index in [2.05, 4.69) is 10.3 Å². The van der Waals surface area contributed by atoms with Crippen LogP contribution >= 0.6 is 0 Å². The molecular formula is C11H20N2O. The van der Waals surface area contributed by atoms with Crippen LogP contribution in [-0.4, -0.2) is 24.7 Å². The van der Waals surface area contributed by atoms with Crippen molar-refractivity contribution in [2.75, 3.05) is 13.1 Å². The number of ketones is 1. The zero-order valence-corrected chi connectivity index (χ0v) is 9.55. The van der Waals surface area contributed by atoms with Gasteiger partial charge in [-0.25, -0.2) is 0 Å². The monoisotopic (exact) mass is 196 g/mol. The Bertz CT molecular complexity index is 254. The molecule has 0 amide bonds. The van der Waals surface area contributed by atoms with E-state index in [-0.39, 0.29) is 11.7 Å². The molecule has 1 heterocycles. The maximum absolute atomic E-state index is 11.9. The standard InChI is InChI=1S/C11H20N2O/c1-8(2)9(14)11(3,4)10-12-6-5-7-13-10/h8H,5-7H2,1-4H3,(H,12,13). The van der Waals surface area contributed by atoms with Crippen LogP contribution in [0.1, 0.15) is 34.1 Å². The Morgan fingerprint density at radius 2 is 2.14 bits per heavy atom. The van der Waals surface area contributed by atoms with E-state index in [1.54, 1.807) is 0 Å². The van der Waals surface area contributed by atoms with Crippen LogP contribution in [0.15, 0.2) is 4.99 Å². The van der Waals surface area contributed by atoms with Crippen molar-refractivity contribution in [1.82, 2.24) is 5.32 Å². The topological polar surface area (TPSA) is 41.5 Å². The summed E-state index contributed by atoms with van der Waals surface area (Å²) in [7, 11) is 0. The number of hydrogen-bond acceptors (Lipinski definition) is 3. The molecule has 0 spiro atoms. The Morgan fingerprint density at radius 1 is 1.50 bits per heavy atom. The molecule has 0 saturated carbocycles. The molecule has 80 valence electrons. The van der Waals surface area contributed by atoms with Crippen LogP contribution in [0.4, 0.5) is 0 Å². The average molecular weight is 196 g/mol. The van der Waals surface area contributed by atoms with E-state index in [4.69, 9.17) is 0 Å². The molecule has 0 fully saturated rings. The van der Waals surface area contributed by atoms with Gasteiger partial charge in [-0.05, 0) is 20.3 Å². The fraction of sp³-hybridized carbons (Fsp3) is 0.818. The lowest BCUT2D eigenvalue weighted by molar-refractivity contribution is -0.127. The molecule has 0 aromatic carbocycles. The lowest BCUT2D eigenvalue weighted by Gasteiger charge is -2.29. The maximum Gasteiger partial charge on any atom is 0.148 e. The smallest absolute Gasteiger partial charge is 0.148 e. The quantitative estimate of drug-likeness (QED) is 0.745. The highest BCUT2D eigenvalue weighted by molar-refractivity contribution is 6.08. The molecule has 1 aliphatic rings. The van der Waals surface area contributed by atoms with Gasteiger partial charge in [0.2, 0.25) is 0 Å². The summed E-state index contributed by atoms with van der Waals surface area (Å²) in [5, 5.41) is 3.22. The van der Waals surface area contributed by atoms with Crippen molar-refractivity contribution in [1.29, 1.82) is 0 Å². The van der Waals surface area contributed by atoms with Gasteiger partial charge in [0.05, 0.1) is 5.41 Å². The lowest BCUT2D eigenvalue weighted by atomic mass is 9.81. The third-order valence-electron chi connectivity index (χ3n) is 2.63. The number of carbonyl (C=O) groups is 1. The van der Waals surface area contributed by atoms with Gasteiger partial charge in [0.25, 0.3) is 0 Å². The molecule has 1 rings (SSSR count). The van der Waals surface area contributed by atoms with Crippen molar-refractivity contribution in [3.05, 3.63) is 0 Å². The van der Waals surface area contributed by atoms with Crippen molar-refractivity contribution >= 4 is 11.6 Å². The van der Waals surface area contributed by atoms with Gasteiger partial charge in [-0.2, -0.15) is 0 Å². The van der Waals surface area contributed by atoms with E-state index in [0.717, 1.165) is 25.3 Å². The van der Waals surface area contributed by atoms with Crippen LogP contribution in [0.2, 0.25) is 0 Å². The number of rotatable bonds is 3. The first-order valence-corrected chi connectivity index (χ1v) is 5.29. The van der Waals surface area contributed by atoms with Crippen molar-refractivity contribution in [3.63, 3.8) is 0 Å². The van der Waals surface area contributed by atoms with E-state index >= 15 is 0 Å². The summed E-state index contributed by atoms with van der Waals surface area (Å²) >= 11 is 0. The van der Waals surface area contributed by atoms with Crippen LogP contribution in [0.25, 0.3) is 0 Å². The van der Waals surface area contributed by atoms with Gasteiger partial charge in [-0.1, -0.05) is 13.8 Å². The van der Waals surface area contributed by atoms with Crippen molar-refractivity contribution in [2.45, 2.75) is 34.1 Å². The number of carbonyl (C=O) groups excluding carboxylic acids is 1. The van der Waals surface area contributed by atoms with Gasteiger partial charge in [-0.3, -0.25) is 9.79 Å². The highest BCUT2D eigenvalue weighted by atomic mass is 16.1. The summed E-state index contributed by atoms with van der Waals surface area (Å²) in [6, 6.07) is 0. The molecule has 0 aromatic rings. The molecule has 0 radical (unpaired) electrons. The molecule has 0 saturated heterocycles. The molecule has 0 aromatic heterocycles. The Hall–Kier alpha value is -0.860. The van der Waals surface area contributed by atoms with Crippen molar-refractivity contribution < 1.29 is 4.79 Å². The SMILES string of the molecule is CC(C)C(=O)C(C)(C)C1=NCCCN1. The maximum atomic E-state index is 11.9. The number of nitrogens with zero attached hydrogens (tertiary/aromatic N) is 1. The largest absolute Gasteiger partial charge is 0.373 e. The minimum absolute atomic E-state index is 0.0661. The molecule has 14 heavy (non-hydrogen) atoms. The minimum Gasteiger partial charge on any atom is -0.373 e. The van der Waals surface area contributed by atoms with E-state index in [9.17, 15) is 4.79 Å². The van der Waals surface area contributed by atoms with Crippen LogP contribution in [-0.2, 0) is 4.79 Å². The van der Waals surface area contributed by atoms with Gasteiger partial charge in [-0.15, -0.1) is 0 Å². The number of amidine groups is 1. The van der Waals surface area contributed by atoms with E-state index in [1.807, 2.05) is 27.7 Å². The molecule has 1 N–H and O–H groups in total. The van der Waals surface area contributed by atoms with E-state index in [1.165, 1.54) is 0 Å². The van der Waals surface area contributed by atoms with Crippen LogP contribution < -0.4 is 5.32 Å². The first kappa shape index (κ1) is 11.2. The number of hydrogen-bond donors (Lipinski definition) is 1. The molecule has 0 atom stereocenters. The Kier molecular flexibility index (Phi) is 3.29. The van der Waals surface area contributed by atoms with Crippen LogP contribution in [0.5, 0.6) is 0 Å². The van der Waals surface area contributed by atoms with E-state index < -0.39 is 5.41 Å². The van der Waals surface area contributed by atoms with Gasteiger partial charge in [0.1, 0.15) is 11.6 Å². The Labute approximate surface area is 86.0 Å². The summed E-state index contributed by atoms with van der Waals surface area (Å²) in [5.74, 6) is 1.18. The zero-order chi connectivity index (χ0) is 10.8. The molecular weight excluding hydrogens is 176 g/mol. The summed E-state index contributed by atoms with van der Waals surface area (Å²) in [4.78, 5) is 16.3. The molecule has 1 aliphatic heterocycles. The van der Waals surface area contributed by atoms with Crippen LogP contribution in [0, 0.1) is 11.3 Å². The van der Waals surface area contributed by atoms with E-state index in [0.29, 0.717) is 0 Å².